The molecular weight excluding hydrogens is 372 g/mol. The number of fused-ring (bicyclic) bond motifs is 1. The standard InChI is InChI=1S/C22H22N2O5/c1-14-17(18-4-2-3-5-20(18)23-14)10-11-24(29)13-15-6-8-16(9-7-15)19(22(27)28)12-21(25)26/h2-9,12,23,29H,10-11,13H2,1H3,(H,25,26)(H,27,28)/b19-12-. The predicted octanol–water partition coefficient (Wildman–Crippen LogP) is 3.46. The van der Waals surface area contributed by atoms with E-state index in [1.165, 1.54) is 22.8 Å². The van der Waals surface area contributed by atoms with Crippen LogP contribution in [0.1, 0.15) is 22.4 Å². The molecule has 150 valence electrons. The average molecular weight is 394 g/mol. The number of nitrogens with zero attached hydrogens (tertiary/aromatic N) is 1. The van der Waals surface area contributed by atoms with Gasteiger partial charge in [-0.1, -0.05) is 42.5 Å². The average Bonchev–Trinajstić information content (AvgIpc) is 3.00. The fourth-order valence-electron chi connectivity index (χ4n) is 3.37. The number of para-hydroxylation sites is 1. The first-order chi connectivity index (χ1) is 13.8. The number of carbonyl (C=O) groups is 2. The molecule has 7 nitrogen and oxygen atoms in total. The van der Waals surface area contributed by atoms with Crippen LogP contribution in [0.2, 0.25) is 0 Å². The molecule has 1 aromatic heterocycles. The third kappa shape index (κ3) is 4.90. The van der Waals surface area contributed by atoms with Crippen molar-refractivity contribution in [1.29, 1.82) is 0 Å². The highest BCUT2D eigenvalue weighted by Crippen LogP contribution is 2.22. The molecule has 0 aliphatic heterocycles. The number of aromatic amines is 1. The van der Waals surface area contributed by atoms with Crippen LogP contribution in [0.3, 0.4) is 0 Å². The minimum Gasteiger partial charge on any atom is -0.478 e. The van der Waals surface area contributed by atoms with Gasteiger partial charge in [0.2, 0.25) is 0 Å². The van der Waals surface area contributed by atoms with Crippen molar-refractivity contribution in [3.05, 3.63) is 77.0 Å². The smallest absolute Gasteiger partial charge is 0.336 e. The number of aliphatic carboxylic acids is 2. The van der Waals surface area contributed by atoms with Crippen LogP contribution in [0.5, 0.6) is 0 Å². The van der Waals surface area contributed by atoms with Crippen LogP contribution in [0, 0.1) is 6.92 Å². The lowest BCUT2D eigenvalue weighted by molar-refractivity contribution is -0.133. The maximum absolute atomic E-state index is 11.2. The van der Waals surface area contributed by atoms with E-state index in [-0.39, 0.29) is 12.1 Å². The summed E-state index contributed by atoms with van der Waals surface area (Å²) in [5.74, 6) is -2.63. The minimum atomic E-state index is -1.32. The van der Waals surface area contributed by atoms with Gasteiger partial charge in [-0.25, -0.2) is 9.59 Å². The number of carboxylic acid groups (broad SMARTS) is 2. The normalized spacial score (nSPS) is 11.9. The van der Waals surface area contributed by atoms with E-state index >= 15 is 0 Å². The molecule has 0 aliphatic carbocycles. The predicted molar refractivity (Wildman–Crippen MR) is 109 cm³/mol. The van der Waals surface area contributed by atoms with Crippen molar-refractivity contribution in [2.45, 2.75) is 19.9 Å². The van der Waals surface area contributed by atoms with Crippen LogP contribution >= 0.6 is 0 Å². The number of hydrogen-bond donors (Lipinski definition) is 4. The van der Waals surface area contributed by atoms with Crippen LogP contribution in [0.25, 0.3) is 16.5 Å². The highest BCUT2D eigenvalue weighted by atomic mass is 16.5. The second-order valence-corrected chi connectivity index (χ2v) is 6.81. The van der Waals surface area contributed by atoms with Gasteiger partial charge >= 0.3 is 11.9 Å². The number of benzene rings is 2. The molecule has 7 heteroatoms. The van der Waals surface area contributed by atoms with Gasteiger partial charge in [0.1, 0.15) is 0 Å². The van der Waals surface area contributed by atoms with Gasteiger partial charge in [-0.3, -0.25) is 0 Å². The van der Waals surface area contributed by atoms with E-state index in [4.69, 9.17) is 10.2 Å². The van der Waals surface area contributed by atoms with Crippen LogP contribution in [-0.4, -0.2) is 44.0 Å². The molecular formula is C22H22N2O5. The highest BCUT2D eigenvalue weighted by Gasteiger charge is 2.13. The lowest BCUT2D eigenvalue weighted by Gasteiger charge is -2.15. The summed E-state index contributed by atoms with van der Waals surface area (Å²) in [7, 11) is 0. The first-order valence-electron chi connectivity index (χ1n) is 9.12. The van der Waals surface area contributed by atoms with Crippen molar-refractivity contribution in [2.75, 3.05) is 6.54 Å². The number of hydroxylamine groups is 2. The van der Waals surface area contributed by atoms with E-state index < -0.39 is 11.9 Å². The van der Waals surface area contributed by atoms with Crippen molar-refractivity contribution in [3.8, 4) is 0 Å². The Bertz CT molecular complexity index is 1070. The van der Waals surface area contributed by atoms with E-state index in [0.29, 0.717) is 24.6 Å². The van der Waals surface area contributed by atoms with E-state index in [9.17, 15) is 14.8 Å². The number of H-pyrrole nitrogens is 1. The Balaban J connectivity index is 1.65. The number of aryl methyl sites for hydroxylation is 1. The molecule has 1 heterocycles. The van der Waals surface area contributed by atoms with E-state index in [1.54, 1.807) is 12.1 Å². The van der Waals surface area contributed by atoms with Crippen LogP contribution < -0.4 is 0 Å². The number of hydrogen-bond acceptors (Lipinski definition) is 4. The van der Waals surface area contributed by atoms with E-state index in [2.05, 4.69) is 11.1 Å². The second kappa shape index (κ2) is 8.72. The molecule has 0 aliphatic rings. The van der Waals surface area contributed by atoms with Crippen molar-refractivity contribution in [2.24, 2.45) is 0 Å². The Labute approximate surface area is 167 Å². The van der Waals surface area contributed by atoms with Crippen molar-refractivity contribution < 1.29 is 25.0 Å². The van der Waals surface area contributed by atoms with Gasteiger partial charge in [-0.05, 0) is 36.1 Å². The summed E-state index contributed by atoms with van der Waals surface area (Å²) in [4.78, 5) is 25.4. The molecule has 0 bridgehead atoms. The van der Waals surface area contributed by atoms with Crippen LogP contribution in [0.4, 0.5) is 0 Å². The fourth-order valence-corrected chi connectivity index (χ4v) is 3.37. The summed E-state index contributed by atoms with van der Waals surface area (Å²) in [5, 5.41) is 30.6. The van der Waals surface area contributed by atoms with Gasteiger partial charge in [0, 0.05) is 35.8 Å². The van der Waals surface area contributed by atoms with E-state index in [1.807, 2.05) is 25.1 Å². The Kier molecular flexibility index (Phi) is 6.11. The zero-order chi connectivity index (χ0) is 21.0. The first-order valence-corrected chi connectivity index (χ1v) is 9.12. The fraction of sp³-hybridized carbons (Fsp3) is 0.182. The highest BCUT2D eigenvalue weighted by molar-refractivity contribution is 6.19. The lowest BCUT2D eigenvalue weighted by atomic mass is 10.0. The van der Waals surface area contributed by atoms with Gasteiger partial charge in [0.25, 0.3) is 0 Å². The Morgan fingerprint density at radius 1 is 1.07 bits per heavy atom. The largest absolute Gasteiger partial charge is 0.478 e. The minimum absolute atomic E-state index is 0.271. The summed E-state index contributed by atoms with van der Waals surface area (Å²) in [5.41, 5.74) is 4.10. The van der Waals surface area contributed by atoms with Crippen LogP contribution in [-0.2, 0) is 22.6 Å². The summed E-state index contributed by atoms with van der Waals surface area (Å²) >= 11 is 0. The first kappa shape index (κ1) is 20.3. The van der Waals surface area contributed by atoms with Gasteiger partial charge in [0.15, 0.2) is 0 Å². The number of aromatic nitrogens is 1. The quantitative estimate of drug-likeness (QED) is 0.344. The molecule has 4 N–H and O–H groups in total. The molecule has 3 aromatic rings. The molecule has 0 amide bonds. The molecule has 2 aromatic carbocycles. The Morgan fingerprint density at radius 2 is 1.76 bits per heavy atom. The maximum atomic E-state index is 11.2. The number of carboxylic acids is 2. The Hall–Kier alpha value is -3.42. The molecule has 3 rings (SSSR count). The zero-order valence-corrected chi connectivity index (χ0v) is 15.9. The van der Waals surface area contributed by atoms with Gasteiger partial charge < -0.3 is 20.4 Å². The van der Waals surface area contributed by atoms with Gasteiger partial charge in [-0.2, -0.15) is 5.06 Å². The van der Waals surface area contributed by atoms with Gasteiger partial charge in [0.05, 0.1) is 5.57 Å². The lowest BCUT2D eigenvalue weighted by Crippen LogP contribution is -2.21. The molecule has 0 radical (unpaired) electrons. The molecule has 0 saturated carbocycles. The molecule has 29 heavy (non-hydrogen) atoms. The summed E-state index contributed by atoms with van der Waals surface area (Å²) in [6, 6.07) is 14.5. The SMILES string of the molecule is Cc1[nH]c2ccccc2c1CCN(O)Cc1ccc(/C(=C/C(=O)O)C(=O)O)cc1. The molecule has 0 spiro atoms. The summed E-state index contributed by atoms with van der Waals surface area (Å²) in [6.45, 7) is 2.72. The Morgan fingerprint density at radius 3 is 2.41 bits per heavy atom. The van der Waals surface area contributed by atoms with Gasteiger partial charge in [-0.15, -0.1) is 0 Å². The van der Waals surface area contributed by atoms with Crippen molar-refractivity contribution in [3.63, 3.8) is 0 Å². The van der Waals surface area contributed by atoms with Crippen molar-refractivity contribution in [1.82, 2.24) is 10.0 Å². The topological polar surface area (TPSA) is 114 Å². The molecule has 0 unspecified atom stereocenters. The summed E-state index contributed by atoms with van der Waals surface area (Å²) in [6.07, 6.45) is 1.34. The zero-order valence-electron chi connectivity index (χ0n) is 15.9. The number of nitrogens with one attached hydrogen (secondary N) is 1. The molecule has 0 atom stereocenters. The second-order valence-electron chi connectivity index (χ2n) is 6.81. The maximum Gasteiger partial charge on any atom is 0.336 e. The van der Waals surface area contributed by atoms with Crippen LogP contribution in [0.15, 0.2) is 54.6 Å². The third-order valence-corrected chi connectivity index (χ3v) is 4.78. The number of rotatable bonds is 8. The van der Waals surface area contributed by atoms with E-state index in [0.717, 1.165) is 22.2 Å². The summed E-state index contributed by atoms with van der Waals surface area (Å²) < 4.78 is 0. The molecule has 0 saturated heterocycles. The monoisotopic (exact) mass is 394 g/mol. The van der Waals surface area contributed by atoms with Crippen molar-refractivity contribution >= 4 is 28.4 Å². The molecule has 0 fully saturated rings. The third-order valence-electron chi connectivity index (χ3n) is 4.78.